The van der Waals surface area contributed by atoms with Crippen molar-refractivity contribution in [2.24, 2.45) is 5.10 Å². The number of aryl methyl sites for hydroxylation is 1. The van der Waals surface area contributed by atoms with Gasteiger partial charge in [-0.2, -0.15) is 14.9 Å². The van der Waals surface area contributed by atoms with E-state index >= 15 is 0 Å². The van der Waals surface area contributed by atoms with Crippen molar-refractivity contribution in [1.29, 1.82) is 0 Å². The number of aromatic amines is 1. The maximum absolute atomic E-state index is 6.18. The van der Waals surface area contributed by atoms with Gasteiger partial charge in [0.15, 0.2) is 11.5 Å². The minimum atomic E-state index is 0.228. The van der Waals surface area contributed by atoms with Gasteiger partial charge in [-0.05, 0) is 55.0 Å². The molecule has 6 nitrogen and oxygen atoms in total. The topological polar surface area (TPSA) is 64.4 Å². The van der Waals surface area contributed by atoms with Crippen LogP contribution in [-0.2, 0) is 6.61 Å². The summed E-state index contributed by atoms with van der Waals surface area (Å²) in [6.07, 6.45) is 1.66. The van der Waals surface area contributed by atoms with Crippen LogP contribution in [0.25, 0.3) is 0 Å². The second-order valence-electron chi connectivity index (χ2n) is 5.53. The van der Waals surface area contributed by atoms with Gasteiger partial charge in [0.05, 0.1) is 13.3 Å². The lowest BCUT2D eigenvalue weighted by Gasteiger charge is -2.13. The summed E-state index contributed by atoms with van der Waals surface area (Å²) in [5.41, 5.74) is 1.54. The zero-order valence-electron chi connectivity index (χ0n) is 14.6. The molecule has 3 rings (SSSR count). The van der Waals surface area contributed by atoms with Gasteiger partial charge in [0.1, 0.15) is 12.4 Å². The number of H-pyrrole nitrogens is 1. The highest BCUT2D eigenvalue weighted by Crippen LogP contribution is 2.31. The molecule has 0 spiro atoms. The fourth-order valence-corrected chi connectivity index (χ4v) is 3.07. The maximum Gasteiger partial charge on any atom is 0.216 e. The first-order chi connectivity index (χ1) is 13.0. The van der Waals surface area contributed by atoms with Crippen molar-refractivity contribution in [3.8, 4) is 11.5 Å². The lowest BCUT2D eigenvalue weighted by molar-refractivity contribution is 0.284. The molecule has 9 heteroatoms. The molecule has 0 atom stereocenters. The second-order valence-corrected chi connectivity index (χ2v) is 6.73. The van der Waals surface area contributed by atoms with Crippen molar-refractivity contribution in [1.82, 2.24) is 14.9 Å². The van der Waals surface area contributed by atoms with Gasteiger partial charge in [-0.1, -0.05) is 29.3 Å². The summed E-state index contributed by atoms with van der Waals surface area (Å²) in [5, 5.41) is 12.1. The van der Waals surface area contributed by atoms with E-state index in [0.29, 0.717) is 32.1 Å². The van der Waals surface area contributed by atoms with E-state index in [1.807, 2.05) is 12.1 Å². The molecule has 0 amide bonds. The van der Waals surface area contributed by atoms with Crippen LogP contribution in [0.1, 0.15) is 17.0 Å². The van der Waals surface area contributed by atoms with Gasteiger partial charge >= 0.3 is 0 Å². The number of aromatic nitrogens is 3. The molecule has 3 aromatic rings. The Bertz CT molecular complexity index is 1030. The van der Waals surface area contributed by atoms with Crippen LogP contribution in [0.4, 0.5) is 0 Å². The molecule has 0 aliphatic rings. The molecule has 0 saturated heterocycles. The Morgan fingerprint density at radius 2 is 1.96 bits per heavy atom. The predicted octanol–water partition coefficient (Wildman–Crippen LogP) is 5.03. The molecule has 140 valence electrons. The van der Waals surface area contributed by atoms with E-state index in [4.69, 9.17) is 44.9 Å². The summed E-state index contributed by atoms with van der Waals surface area (Å²) in [4.78, 5) is 0. The van der Waals surface area contributed by atoms with E-state index < -0.39 is 0 Å². The summed E-state index contributed by atoms with van der Waals surface area (Å²) in [6, 6.07) is 10.8. The maximum atomic E-state index is 6.18. The van der Waals surface area contributed by atoms with E-state index in [-0.39, 0.29) is 6.61 Å². The molecule has 0 aliphatic heterocycles. The minimum absolute atomic E-state index is 0.228. The molecule has 27 heavy (non-hydrogen) atoms. The Labute approximate surface area is 171 Å². The SMILES string of the molecule is COc1cc(/C=N\n2c(C)n[nH]c2=S)ccc1OCc1c(Cl)cccc1Cl. The normalized spacial score (nSPS) is 11.1. The Morgan fingerprint density at radius 3 is 2.59 bits per heavy atom. The van der Waals surface area contributed by atoms with Crippen molar-refractivity contribution >= 4 is 41.6 Å². The molecular formula is C18H16Cl2N4O2S. The zero-order valence-corrected chi connectivity index (χ0v) is 16.9. The molecule has 0 aliphatic carbocycles. The Balaban J connectivity index is 1.79. The molecule has 0 bridgehead atoms. The van der Waals surface area contributed by atoms with E-state index in [2.05, 4.69) is 15.3 Å². The number of ether oxygens (including phenoxy) is 2. The number of rotatable bonds is 6. The van der Waals surface area contributed by atoms with E-state index in [9.17, 15) is 0 Å². The average Bonchev–Trinajstić information content (AvgIpc) is 2.98. The summed E-state index contributed by atoms with van der Waals surface area (Å²) in [6.45, 7) is 2.03. The number of halogens is 2. The van der Waals surface area contributed by atoms with Crippen molar-refractivity contribution < 1.29 is 9.47 Å². The number of hydrogen-bond donors (Lipinski definition) is 1. The lowest BCUT2D eigenvalue weighted by Crippen LogP contribution is -2.00. The molecule has 1 aromatic heterocycles. The highest BCUT2D eigenvalue weighted by molar-refractivity contribution is 7.71. The predicted molar refractivity (Wildman–Crippen MR) is 109 cm³/mol. The number of nitrogens with one attached hydrogen (secondary N) is 1. The largest absolute Gasteiger partial charge is 0.493 e. The minimum Gasteiger partial charge on any atom is -0.493 e. The van der Waals surface area contributed by atoms with Crippen LogP contribution in [0.15, 0.2) is 41.5 Å². The molecule has 0 unspecified atom stereocenters. The summed E-state index contributed by atoms with van der Waals surface area (Å²) in [5.74, 6) is 1.80. The third-order valence-electron chi connectivity index (χ3n) is 3.76. The van der Waals surface area contributed by atoms with Gasteiger partial charge in [0.25, 0.3) is 0 Å². The lowest BCUT2D eigenvalue weighted by atomic mass is 10.2. The first-order valence-corrected chi connectivity index (χ1v) is 9.08. The van der Waals surface area contributed by atoms with Crippen LogP contribution >= 0.6 is 35.4 Å². The van der Waals surface area contributed by atoms with Crippen LogP contribution in [0.2, 0.25) is 10.0 Å². The first kappa shape index (κ1) is 19.4. The number of methoxy groups -OCH3 is 1. The van der Waals surface area contributed by atoms with Gasteiger partial charge in [0.2, 0.25) is 4.77 Å². The zero-order chi connectivity index (χ0) is 19.4. The number of benzene rings is 2. The molecule has 2 aromatic carbocycles. The standard InChI is InChI=1S/C18H16Cl2N4O2S/c1-11-22-23-18(27)24(11)21-9-12-6-7-16(17(8-12)25-2)26-10-13-14(19)4-3-5-15(13)20/h3-9H,10H2,1-2H3,(H,23,27)/b21-9-. The van der Waals surface area contributed by atoms with Crippen LogP contribution in [-0.4, -0.2) is 28.2 Å². The van der Waals surface area contributed by atoms with Crippen molar-refractivity contribution in [2.45, 2.75) is 13.5 Å². The summed E-state index contributed by atoms with van der Waals surface area (Å²) in [7, 11) is 1.57. The fraction of sp³-hybridized carbons (Fsp3) is 0.167. The molecule has 0 fully saturated rings. The van der Waals surface area contributed by atoms with Gasteiger partial charge in [0, 0.05) is 15.6 Å². The summed E-state index contributed by atoms with van der Waals surface area (Å²) < 4.78 is 13.2. The van der Waals surface area contributed by atoms with E-state index in [1.54, 1.807) is 44.5 Å². The Hall–Kier alpha value is -2.35. The van der Waals surface area contributed by atoms with Gasteiger partial charge < -0.3 is 9.47 Å². The van der Waals surface area contributed by atoms with Gasteiger partial charge in [-0.15, -0.1) is 0 Å². The fourth-order valence-electron chi connectivity index (χ4n) is 2.33. The van der Waals surface area contributed by atoms with Crippen LogP contribution in [0.3, 0.4) is 0 Å². The van der Waals surface area contributed by atoms with Crippen molar-refractivity contribution in [2.75, 3.05) is 7.11 Å². The van der Waals surface area contributed by atoms with Crippen LogP contribution in [0.5, 0.6) is 11.5 Å². The smallest absolute Gasteiger partial charge is 0.216 e. The highest BCUT2D eigenvalue weighted by Gasteiger charge is 2.10. The van der Waals surface area contributed by atoms with Gasteiger partial charge in [-0.25, -0.2) is 0 Å². The molecule has 1 N–H and O–H groups in total. The summed E-state index contributed by atoms with van der Waals surface area (Å²) >= 11 is 17.5. The molecule has 0 radical (unpaired) electrons. The quantitative estimate of drug-likeness (QED) is 0.447. The Morgan fingerprint density at radius 1 is 1.22 bits per heavy atom. The van der Waals surface area contributed by atoms with Gasteiger partial charge in [-0.3, -0.25) is 5.10 Å². The second kappa shape index (κ2) is 8.56. The van der Waals surface area contributed by atoms with Crippen LogP contribution < -0.4 is 9.47 Å². The van der Waals surface area contributed by atoms with E-state index in [0.717, 1.165) is 11.1 Å². The third-order valence-corrected chi connectivity index (χ3v) is 4.73. The number of hydrogen-bond acceptors (Lipinski definition) is 5. The van der Waals surface area contributed by atoms with Crippen molar-refractivity contribution in [3.63, 3.8) is 0 Å². The highest BCUT2D eigenvalue weighted by atomic mass is 35.5. The molecular weight excluding hydrogens is 407 g/mol. The first-order valence-electron chi connectivity index (χ1n) is 7.91. The van der Waals surface area contributed by atoms with Crippen molar-refractivity contribution in [3.05, 3.63) is 68.2 Å². The molecule has 1 heterocycles. The van der Waals surface area contributed by atoms with E-state index in [1.165, 1.54) is 4.68 Å². The average molecular weight is 423 g/mol. The molecule has 0 saturated carbocycles. The monoisotopic (exact) mass is 422 g/mol. The number of nitrogens with zero attached hydrogens (tertiary/aromatic N) is 3. The van der Waals surface area contributed by atoms with Crippen LogP contribution in [0, 0.1) is 11.7 Å². The Kier molecular flexibility index (Phi) is 6.15. The third kappa shape index (κ3) is 4.50.